The Balaban J connectivity index is 1.17. The predicted molar refractivity (Wildman–Crippen MR) is 172 cm³/mol. The van der Waals surface area contributed by atoms with E-state index in [1.165, 1.54) is 43.0 Å². The van der Waals surface area contributed by atoms with Crippen molar-refractivity contribution in [2.24, 2.45) is 11.8 Å². The van der Waals surface area contributed by atoms with Gasteiger partial charge in [0, 0.05) is 30.8 Å². The van der Waals surface area contributed by atoms with Crippen LogP contribution < -0.4 is 9.47 Å². The fourth-order valence-electron chi connectivity index (χ4n) is 10.0. The number of aliphatic hydroxyl groups is 1. The van der Waals surface area contributed by atoms with Gasteiger partial charge in [-0.15, -0.1) is 0 Å². The van der Waals surface area contributed by atoms with Gasteiger partial charge in [-0.2, -0.15) is 13.2 Å². The van der Waals surface area contributed by atoms with Crippen molar-refractivity contribution >= 4 is 12.0 Å². The summed E-state index contributed by atoms with van der Waals surface area (Å²) in [6.07, 6.45) is 8.75. The second kappa shape index (κ2) is 11.5. The minimum atomic E-state index is -4.46. The molecule has 1 N–H and O–H groups in total. The van der Waals surface area contributed by atoms with E-state index in [2.05, 4.69) is 11.0 Å². The van der Waals surface area contributed by atoms with Crippen LogP contribution in [0.1, 0.15) is 86.5 Å². The number of nitrogens with zero attached hydrogens (tertiary/aromatic N) is 2. The van der Waals surface area contributed by atoms with Gasteiger partial charge in [-0.1, -0.05) is 37.5 Å². The normalized spacial score (nSPS) is 31.8. The molecule has 2 aliphatic heterocycles. The Morgan fingerprint density at radius 3 is 2.64 bits per heavy atom. The molecule has 4 aliphatic carbocycles. The first kappa shape index (κ1) is 31.2. The van der Waals surface area contributed by atoms with Crippen LogP contribution in [0.5, 0.6) is 11.5 Å². The summed E-state index contributed by atoms with van der Waals surface area (Å²) < 4.78 is 53.1. The topological polar surface area (TPSA) is 62.2 Å². The lowest BCUT2D eigenvalue weighted by Gasteiger charge is -2.65. The summed E-state index contributed by atoms with van der Waals surface area (Å²) in [5.74, 6) is 2.20. The molecular formula is C38H45F3N2O4. The molecule has 1 spiro atoms. The molecule has 252 valence electrons. The number of amides is 1. The summed E-state index contributed by atoms with van der Waals surface area (Å²) in [5.41, 5.74) is 0.195. The molecule has 2 heterocycles. The maximum atomic E-state index is 14.3. The van der Waals surface area contributed by atoms with Gasteiger partial charge in [-0.3, -0.25) is 9.69 Å². The van der Waals surface area contributed by atoms with E-state index in [0.717, 1.165) is 69.3 Å². The largest absolute Gasteiger partial charge is 0.493 e. The number of methoxy groups -OCH3 is 1. The van der Waals surface area contributed by atoms with Crippen LogP contribution in [0.4, 0.5) is 13.2 Å². The van der Waals surface area contributed by atoms with Crippen LogP contribution >= 0.6 is 0 Å². The third kappa shape index (κ3) is 5.09. The second-order valence-electron chi connectivity index (χ2n) is 15.0. The number of rotatable bonds is 8. The van der Waals surface area contributed by atoms with Crippen molar-refractivity contribution in [3.8, 4) is 11.5 Å². The number of likely N-dealkylation sites (tertiary alicyclic amines) is 1. The molecule has 4 fully saturated rings. The number of benzene rings is 2. The smallest absolute Gasteiger partial charge is 0.416 e. The average molecular weight is 651 g/mol. The number of hydrogen-bond acceptors (Lipinski definition) is 5. The van der Waals surface area contributed by atoms with Gasteiger partial charge < -0.3 is 19.5 Å². The molecule has 6 nitrogen and oxygen atoms in total. The van der Waals surface area contributed by atoms with Gasteiger partial charge in [-0.05, 0) is 105 Å². The third-order valence-corrected chi connectivity index (χ3v) is 12.4. The molecule has 6 aliphatic rings. The van der Waals surface area contributed by atoms with Crippen LogP contribution in [0.15, 0.2) is 42.5 Å². The quantitative estimate of drug-likeness (QED) is 0.320. The van der Waals surface area contributed by atoms with Crippen molar-refractivity contribution in [1.29, 1.82) is 0 Å². The highest BCUT2D eigenvalue weighted by atomic mass is 19.4. The zero-order chi connectivity index (χ0) is 32.6. The predicted octanol–water partition coefficient (Wildman–Crippen LogP) is 6.77. The molecule has 8 rings (SSSR count). The van der Waals surface area contributed by atoms with E-state index in [1.54, 1.807) is 13.2 Å². The minimum Gasteiger partial charge on any atom is -0.493 e. The summed E-state index contributed by atoms with van der Waals surface area (Å²) in [6, 6.07) is 8.90. The van der Waals surface area contributed by atoms with Gasteiger partial charge in [-0.25, -0.2) is 0 Å². The van der Waals surface area contributed by atoms with Gasteiger partial charge in [0.05, 0.1) is 29.7 Å². The van der Waals surface area contributed by atoms with E-state index >= 15 is 0 Å². The van der Waals surface area contributed by atoms with Crippen molar-refractivity contribution in [2.45, 2.75) is 106 Å². The highest BCUT2D eigenvalue weighted by molar-refractivity contribution is 5.92. The molecule has 0 aromatic heterocycles. The fourth-order valence-corrected chi connectivity index (χ4v) is 10.0. The van der Waals surface area contributed by atoms with E-state index in [0.29, 0.717) is 48.3 Å². The Morgan fingerprint density at radius 1 is 1.09 bits per heavy atom. The van der Waals surface area contributed by atoms with Gasteiger partial charge in [0.15, 0.2) is 11.5 Å². The van der Waals surface area contributed by atoms with Crippen molar-refractivity contribution in [3.05, 3.63) is 64.7 Å². The summed E-state index contributed by atoms with van der Waals surface area (Å²) >= 11 is 0. The Morgan fingerprint density at radius 2 is 1.89 bits per heavy atom. The number of alkyl halides is 3. The zero-order valence-corrected chi connectivity index (χ0v) is 27.1. The Kier molecular flexibility index (Phi) is 7.67. The first-order chi connectivity index (χ1) is 22.6. The SMILES string of the molecule is COc1ccc2c3c1O[C@H]1[C@H](N(CC4CCCCC4)C(=O)C=Cc4cccc(C(F)(F)F)c4)CC[C@@]4(O)[C@@H](C2)N(CC2CC2)CC[C@]314. The Bertz CT molecular complexity index is 1570. The van der Waals surface area contributed by atoms with Crippen LogP contribution in [-0.4, -0.2) is 71.3 Å². The van der Waals surface area contributed by atoms with Crippen molar-refractivity contribution in [2.75, 3.05) is 26.7 Å². The number of piperidine rings is 1. The summed E-state index contributed by atoms with van der Waals surface area (Å²) in [5, 5.41) is 13.0. The minimum absolute atomic E-state index is 0.0148. The maximum Gasteiger partial charge on any atom is 0.416 e. The lowest BCUT2D eigenvalue weighted by Crippen LogP contribution is -2.78. The van der Waals surface area contributed by atoms with E-state index < -0.39 is 28.9 Å². The third-order valence-electron chi connectivity index (χ3n) is 12.4. The van der Waals surface area contributed by atoms with Crippen LogP contribution in [0.25, 0.3) is 6.08 Å². The van der Waals surface area contributed by atoms with Crippen LogP contribution in [0.3, 0.4) is 0 Å². The average Bonchev–Trinajstić information content (AvgIpc) is 3.81. The van der Waals surface area contributed by atoms with Gasteiger partial charge >= 0.3 is 6.18 Å². The van der Waals surface area contributed by atoms with Gasteiger partial charge in [0.1, 0.15) is 6.10 Å². The van der Waals surface area contributed by atoms with Gasteiger partial charge in [0.25, 0.3) is 0 Å². The summed E-state index contributed by atoms with van der Waals surface area (Å²) in [7, 11) is 1.65. The first-order valence-corrected chi connectivity index (χ1v) is 17.6. The van der Waals surface area contributed by atoms with Crippen molar-refractivity contribution < 1.29 is 32.5 Å². The highest BCUT2D eigenvalue weighted by Gasteiger charge is 2.73. The van der Waals surface area contributed by atoms with Crippen LogP contribution in [0.2, 0.25) is 0 Å². The standard InChI is InChI=1S/C38H45F3N2O4/c1-46-30-14-13-27-21-31-37(45)17-16-29(35-36(37,33(27)34(30)47-35)18-19-42(31)22-26-10-11-26)43(23-25-6-3-2-4-7-25)32(44)15-12-24-8-5-9-28(20-24)38(39,40)41/h5,8-9,12-15,20,25-26,29,31,35,45H,2-4,6-7,10-11,16-19,21-23H2,1H3/t29-,31-,35+,36+,37-/m1/s1. The van der Waals surface area contributed by atoms with E-state index in [4.69, 9.17) is 9.47 Å². The lowest BCUT2D eigenvalue weighted by atomic mass is 9.48. The number of carbonyl (C=O) groups excluding carboxylic acids is 1. The lowest BCUT2D eigenvalue weighted by molar-refractivity contribution is -0.201. The Labute approximate surface area is 274 Å². The molecule has 1 amide bonds. The number of hydrogen-bond donors (Lipinski definition) is 1. The van der Waals surface area contributed by atoms with Crippen LogP contribution in [0, 0.1) is 11.8 Å². The van der Waals surface area contributed by atoms with Crippen LogP contribution in [-0.2, 0) is 22.8 Å². The first-order valence-electron chi connectivity index (χ1n) is 17.6. The molecule has 9 heteroatoms. The number of halogens is 3. The molecule has 2 aromatic rings. The number of ether oxygens (including phenoxy) is 2. The number of carbonyl (C=O) groups is 1. The van der Waals surface area contributed by atoms with E-state index in [1.807, 2.05) is 11.0 Å². The molecule has 1 saturated heterocycles. The maximum absolute atomic E-state index is 14.3. The Hall–Kier alpha value is -3.04. The van der Waals surface area contributed by atoms with Crippen molar-refractivity contribution in [1.82, 2.24) is 9.80 Å². The molecule has 0 unspecified atom stereocenters. The fraction of sp³-hybridized carbons (Fsp3) is 0.605. The highest BCUT2D eigenvalue weighted by Crippen LogP contribution is 2.66. The van der Waals surface area contributed by atoms with Gasteiger partial charge in [0.2, 0.25) is 5.91 Å². The van der Waals surface area contributed by atoms with E-state index in [-0.39, 0.29) is 18.0 Å². The molecule has 2 aromatic carbocycles. The molecular weight excluding hydrogens is 605 g/mol. The molecule has 2 bridgehead atoms. The summed E-state index contributed by atoms with van der Waals surface area (Å²) in [6.45, 7) is 2.46. The monoisotopic (exact) mass is 650 g/mol. The summed E-state index contributed by atoms with van der Waals surface area (Å²) in [4.78, 5) is 18.8. The molecule has 5 atom stereocenters. The molecule has 47 heavy (non-hydrogen) atoms. The van der Waals surface area contributed by atoms with Crippen molar-refractivity contribution in [3.63, 3.8) is 0 Å². The molecule has 0 radical (unpaired) electrons. The van der Waals surface area contributed by atoms with E-state index in [9.17, 15) is 23.1 Å². The second-order valence-corrected chi connectivity index (χ2v) is 15.0. The zero-order valence-electron chi connectivity index (χ0n) is 27.1. The molecule has 3 saturated carbocycles.